The summed E-state index contributed by atoms with van der Waals surface area (Å²) in [5, 5.41) is 16.1. The van der Waals surface area contributed by atoms with Gasteiger partial charge in [0.1, 0.15) is 5.54 Å². The van der Waals surface area contributed by atoms with Gasteiger partial charge in [-0.05, 0) is 36.8 Å². The predicted octanol–water partition coefficient (Wildman–Crippen LogP) is 2.82. The van der Waals surface area contributed by atoms with Gasteiger partial charge in [-0.3, -0.25) is 0 Å². The van der Waals surface area contributed by atoms with Crippen molar-refractivity contribution in [3.63, 3.8) is 0 Å². The molecule has 2 rings (SSSR count). The monoisotopic (exact) mass is 272 g/mol. The lowest BCUT2D eigenvalue weighted by molar-refractivity contribution is -0.142. The number of carboxylic acid groups (broad SMARTS) is 1. The summed E-state index contributed by atoms with van der Waals surface area (Å²) in [6.07, 6.45) is 0. The third-order valence-electron chi connectivity index (χ3n) is 2.97. The second-order valence-electron chi connectivity index (χ2n) is 5.07. The van der Waals surface area contributed by atoms with E-state index in [-0.39, 0.29) is 0 Å². The minimum Gasteiger partial charge on any atom is -0.480 e. The SMILES string of the molecule is CC(C)(NC(=O)Nc1ccc2ccccc2c1)C(=O)O. The summed E-state index contributed by atoms with van der Waals surface area (Å²) in [6.45, 7) is 2.85. The number of benzene rings is 2. The third kappa shape index (κ3) is 3.06. The molecule has 0 spiro atoms. The molecule has 0 saturated carbocycles. The quantitative estimate of drug-likeness (QED) is 0.804. The molecule has 0 aliphatic carbocycles. The van der Waals surface area contributed by atoms with Crippen molar-refractivity contribution >= 4 is 28.5 Å². The molecule has 2 aromatic rings. The molecule has 0 aromatic heterocycles. The zero-order valence-electron chi connectivity index (χ0n) is 11.3. The molecule has 5 heteroatoms. The molecule has 2 aromatic carbocycles. The van der Waals surface area contributed by atoms with Crippen molar-refractivity contribution in [3.8, 4) is 0 Å². The molecular formula is C15H16N2O3. The Balaban J connectivity index is 2.12. The Morgan fingerprint density at radius 1 is 1.05 bits per heavy atom. The van der Waals surface area contributed by atoms with E-state index in [4.69, 9.17) is 5.11 Å². The fraction of sp³-hybridized carbons (Fsp3) is 0.200. The number of urea groups is 1. The number of hydrogen-bond acceptors (Lipinski definition) is 2. The molecule has 3 N–H and O–H groups in total. The fourth-order valence-corrected chi connectivity index (χ4v) is 1.77. The van der Waals surface area contributed by atoms with Gasteiger partial charge in [-0.25, -0.2) is 9.59 Å². The number of carboxylic acids is 1. The van der Waals surface area contributed by atoms with Crippen molar-refractivity contribution in [1.29, 1.82) is 0 Å². The maximum Gasteiger partial charge on any atom is 0.328 e. The van der Waals surface area contributed by atoms with E-state index in [1.54, 1.807) is 6.07 Å². The highest BCUT2D eigenvalue weighted by Crippen LogP contribution is 2.18. The van der Waals surface area contributed by atoms with Gasteiger partial charge in [0, 0.05) is 5.69 Å². The van der Waals surface area contributed by atoms with Crippen LogP contribution in [0.2, 0.25) is 0 Å². The number of nitrogens with one attached hydrogen (secondary N) is 2. The summed E-state index contributed by atoms with van der Waals surface area (Å²) in [6, 6.07) is 12.7. The number of rotatable bonds is 3. The van der Waals surface area contributed by atoms with E-state index in [0.29, 0.717) is 5.69 Å². The van der Waals surface area contributed by atoms with Crippen LogP contribution in [0.5, 0.6) is 0 Å². The summed E-state index contributed by atoms with van der Waals surface area (Å²) < 4.78 is 0. The van der Waals surface area contributed by atoms with Crippen LogP contribution < -0.4 is 10.6 Å². The van der Waals surface area contributed by atoms with Crippen molar-refractivity contribution in [3.05, 3.63) is 42.5 Å². The van der Waals surface area contributed by atoms with Crippen molar-refractivity contribution in [1.82, 2.24) is 5.32 Å². The van der Waals surface area contributed by atoms with Gasteiger partial charge in [0.25, 0.3) is 0 Å². The number of hydrogen-bond donors (Lipinski definition) is 3. The van der Waals surface area contributed by atoms with Gasteiger partial charge in [0.05, 0.1) is 0 Å². The van der Waals surface area contributed by atoms with Crippen molar-refractivity contribution < 1.29 is 14.7 Å². The molecule has 20 heavy (non-hydrogen) atoms. The molecule has 0 saturated heterocycles. The molecule has 5 nitrogen and oxygen atoms in total. The Bertz CT molecular complexity index is 665. The fourth-order valence-electron chi connectivity index (χ4n) is 1.77. The summed E-state index contributed by atoms with van der Waals surface area (Å²) in [4.78, 5) is 22.7. The number of anilines is 1. The zero-order valence-corrected chi connectivity index (χ0v) is 11.3. The molecule has 0 aliphatic heterocycles. The van der Waals surface area contributed by atoms with E-state index in [2.05, 4.69) is 10.6 Å². The smallest absolute Gasteiger partial charge is 0.328 e. The first kappa shape index (κ1) is 13.9. The van der Waals surface area contributed by atoms with Gasteiger partial charge in [-0.1, -0.05) is 30.3 Å². The standard InChI is InChI=1S/C15H16N2O3/c1-15(2,13(18)19)17-14(20)16-12-8-7-10-5-3-4-6-11(10)9-12/h3-9H,1-2H3,(H,18,19)(H2,16,17,20). The maximum absolute atomic E-state index is 11.8. The van der Waals surface area contributed by atoms with Gasteiger partial charge in [0.2, 0.25) is 0 Å². The molecule has 2 amide bonds. The average molecular weight is 272 g/mol. The highest BCUT2D eigenvalue weighted by Gasteiger charge is 2.28. The molecule has 104 valence electrons. The largest absolute Gasteiger partial charge is 0.480 e. The van der Waals surface area contributed by atoms with Crippen molar-refractivity contribution in [2.45, 2.75) is 19.4 Å². The van der Waals surface area contributed by atoms with Crippen LogP contribution in [0.4, 0.5) is 10.5 Å². The number of carbonyl (C=O) groups is 2. The summed E-state index contributed by atoms with van der Waals surface area (Å²) in [5.74, 6) is -1.09. The van der Waals surface area contributed by atoms with Crippen LogP contribution in [0.15, 0.2) is 42.5 Å². The number of aliphatic carboxylic acids is 1. The molecule has 0 aliphatic rings. The van der Waals surface area contributed by atoms with Gasteiger partial charge in [-0.2, -0.15) is 0 Å². The Labute approximate surface area is 116 Å². The molecule has 0 atom stereocenters. The Morgan fingerprint density at radius 2 is 1.70 bits per heavy atom. The van der Waals surface area contributed by atoms with Crippen LogP contribution in [0.1, 0.15) is 13.8 Å². The molecule has 0 bridgehead atoms. The van der Waals surface area contributed by atoms with Gasteiger partial charge < -0.3 is 15.7 Å². The minimum absolute atomic E-state index is 0.548. The summed E-state index contributed by atoms with van der Waals surface area (Å²) in [7, 11) is 0. The number of carbonyl (C=O) groups excluding carboxylic acids is 1. The lowest BCUT2D eigenvalue weighted by atomic mass is 10.1. The number of amides is 2. The van der Waals surface area contributed by atoms with Crippen molar-refractivity contribution in [2.24, 2.45) is 0 Å². The van der Waals surface area contributed by atoms with E-state index in [9.17, 15) is 9.59 Å². The van der Waals surface area contributed by atoms with E-state index in [1.165, 1.54) is 13.8 Å². The lowest BCUT2D eigenvalue weighted by Crippen LogP contribution is -2.51. The van der Waals surface area contributed by atoms with Gasteiger partial charge >= 0.3 is 12.0 Å². The highest BCUT2D eigenvalue weighted by atomic mass is 16.4. The zero-order chi connectivity index (χ0) is 14.8. The third-order valence-corrected chi connectivity index (χ3v) is 2.97. The first-order chi connectivity index (χ1) is 9.38. The van der Waals surface area contributed by atoms with E-state index in [0.717, 1.165) is 10.8 Å². The molecule has 0 radical (unpaired) electrons. The molecule has 0 heterocycles. The normalized spacial score (nSPS) is 11.1. The predicted molar refractivity (Wildman–Crippen MR) is 77.8 cm³/mol. The summed E-state index contributed by atoms with van der Waals surface area (Å²) >= 11 is 0. The van der Waals surface area contributed by atoms with E-state index < -0.39 is 17.5 Å². The Morgan fingerprint density at radius 3 is 2.35 bits per heavy atom. The average Bonchev–Trinajstić information content (AvgIpc) is 2.37. The van der Waals surface area contributed by atoms with Gasteiger partial charge in [0.15, 0.2) is 0 Å². The van der Waals surface area contributed by atoms with Gasteiger partial charge in [-0.15, -0.1) is 0 Å². The van der Waals surface area contributed by atoms with Crippen LogP contribution >= 0.6 is 0 Å². The highest BCUT2D eigenvalue weighted by molar-refractivity contribution is 5.96. The van der Waals surface area contributed by atoms with Crippen LogP contribution in [0.3, 0.4) is 0 Å². The maximum atomic E-state index is 11.8. The van der Waals surface area contributed by atoms with Crippen LogP contribution in [0, 0.1) is 0 Å². The lowest BCUT2D eigenvalue weighted by Gasteiger charge is -2.21. The second-order valence-corrected chi connectivity index (χ2v) is 5.07. The first-order valence-electron chi connectivity index (χ1n) is 6.20. The van der Waals surface area contributed by atoms with Crippen LogP contribution in [0.25, 0.3) is 10.8 Å². The first-order valence-corrected chi connectivity index (χ1v) is 6.20. The number of fused-ring (bicyclic) bond motifs is 1. The summed E-state index contributed by atoms with van der Waals surface area (Å²) in [5.41, 5.74) is -0.705. The molecule has 0 unspecified atom stereocenters. The van der Waals surface area contributed by atoms with Crippen molar-refractivity contribution in [2.75, 3.05) is 5.32 Å². The van der Waals surface area contributed by atoms with E-state index >= 15 is 0 Å². The van der Waals surface area contributed by atoms with Crippen LogP contribution in [-0.4, -0.2) is 22.6 Å². The van der Waals surface area contributed by atoms with E-state index in [1.807, 2.05) is 36.4 Å². The second kappa shape index (κ2) is 5.21. The molecule has 0 fully saturated rings. The Hall–Kier alpha value is -2.56. The Kier molecular flexibility index (Phi) is 3.61. The minimum atomic E-state index is -1.32. The van der Waals surface area contributed by atoms with Crippen LogP contribution in [-0.2, 0) is 4.79 Å². The topological polar surface area (TPSA) is 78.4 Å². The molecular weight excluding hydrogens is 256 g/mol.